The van der Waals surface area contributed by atoms with E-state index in [0.717, 1.165) is 23.4 Å². The van der Waals surface area contributed by atoms with Gasteiger partial charge in [0.15, 0.2) is 5.58 Å². The van der Waals surface area contributed by atoms with Gasteiger partial charge in [0.05, 0.1) is 0 Å². The minimum atomic E-state index is -0.137. The summed E-state index contributed by atoms with van der Waals surface area (Å²) in [6, 6.07) is 15.5. The third-order valence-corrected chi connectivity index (χ3v) is 7.82. The average molecular weight is 406 g/mol. The average Bonchev–Trinajstić information content (AvgIpc) is 3.04. The normalized spacial score (nSPS) is 13.8. The van der Waals surface area contributed by atoms with Crippen LogP contribution < -0.4 is 0 Å². The first-order chi connectivity index (χ1) is 13.6. The molecule has 0 spiro atoms. The van der Waals surface area contributed by atoms with Crippen molar-refractivity contribution < 1.29 is 4.42 Å². The summed E-state index contributed by atoms with van der Waals surface area (Å²) in [5.74, 6) is 0.816. The van der Waals surface area contributed by atoms with Gasteiger partial charge in [0.1, 0.15) is 5.52 Å². The minimum Gasteiger partial charge on any atom is -0.440 e. The molecule has 0 N–H and O–H groups in total. The largest absolute Gasteiger partial charge is 0.440 e. The molecule has 0 unspecified atom stereocenters. The monoisotopic (exact) mass is 405 g/mol. The van der Waals surface area contributed by atoms with Gasteiger partial charge in [0.2, 0.25) is 5.89 Å². The summed E-state index contributed by atoms with van der Waals surface area (Å²) in [4.78, 5) is 4.79. The molecule has 0 saturated heterocycles. The van der Waals surface area contributed by atoms with Crippen molar-refractivity contribution in [3.05, 3.63) is 65.0 Å². The zero-order chi connectivity index (χ0) is 22.5. The van der Waals surface area contributed by atoms with E-state index in [1.807, 2.05) is 0 Å². The van der Waals surface area contributed by atoms with Gasteiger partial charge in [0.25, 0.3) is 0 Å². The molecule has 0 aliphatic rings. The molecule has 0 bridgehead atoms. The number of hydrogen-bond donors (Lipinski definition) is 0. The van der Waals surface area contributed by atoms with Crippen LogP contribution in [0.15, 0.2) is 46.9 Å². The fraction of sp³-hybridized carbons (Fsp3) is 0.536. The summed E-state index contributed by atoms with van der Waals surface area (Å²) >= 11 is 0. The number of hydrogen-bond acceptors (Lipinski definition) is 2. The van der Waals surface area contributed by atoms with Crippen LogP contribution in [-0.4, -0.2) is 4.98 Å². The van der Waals surface area contributed by atoms with Crippen LogP contribution >= 0.6 is 0 Å². The molecule has 2 heteroatoms. The molecule has 3 aromatic rings. The van der Waals surface area contributed by atoms with Gasteiger partial charge >= 0.3 is 0 Å². The van der Waals surface area contributed by atoms with Crippen molar-refractivity contribution in [1.82, 2.24) is 4.98 Å². The van der Waals surface area contributed by atoms with Crippen LogP contribution in [-0.2, 0) is 17.3 Å². The molecule has 0 radical (unpaired) electrons. The van der Waals surface area contributed by atoms with Gasteiger partial charge in [-0.25, -0.2) is 4.98 Å². The Labute approximate surface area is 183 Å². The maximum atomic E-state index is 6.23. The molecule has 0 atom stereocenters. The zero-order valence-corrected chi connectivity index (χ0v) is 20.6. The standard InChI is InChI=1S/C28H39NO/c1-25(2,3)27(7,8)21-14-11-19(12-15-21)17-20-13-16-22-23(18-20)30-24(29-22)28(9,10)26(4,5)6/h11-16,18H,17H2,1-10H3. The van der Waals surface area contributed by atoms with E-state index in [1.54, 1.807) is 0 Å². The summed E-state index contributed by atoms with van der Waals surface area (Å²) < 4.78 is 6.23. The Morgan fingerprint density at radius 3 is 1.73 bits per heavy atom. The fourth-order valence-corrected chi connectivity index (χ4v) is 3.38. The lowest BCUT2D eigenvalue weighted by Crippen LogP contribution is -2.34. The predicted octanol–water partition coefficient (Wildman–Crippen LogP) is 8.07. The maximum Gasteiger partial charge on any atom is 0.201 e. The third-order valence-electron chi connectivity index (χ3n) is 7.82. The first-order valence-electron chi connectivity index (χ1n) is 11.1. The molecule has 30 heavy (non-hydrogen) atoms. The molecule has 1 aromatic heterocycles. The van der Waals surface area contributed by atoms with Crippen molar-refractivity contribution in [2.75, 3.05) is 0 Å². The Kier molecular flexibility index (Phi) is 5.46. The summed E-state index contributed by atoms with van der Waals surface area (Å²) in [6.45, 7) is 22.7. The van der Waals surface area contributed by atoms with Crippen molar-refractivity contribution in [2.24, 2.45) is 10.8 Å². The quantitative estimate of drug-likeness (QED) is 0.438. The van der Waals surface area contributed by atoms with E-state index in [0.29, 0.717) is 0 Å². The number of benzene rings is 2. The van der Waals surface area contributed by atoms with Gasteiger partial charge < -0.3 is 4.42 Å². The van der Waals surface area contributed by atoms with Gasteiger partial charge in [-0.15, -0.1) is 0 Å². The first-order valence-corrected chi connectivity index (χ1v) is 11.1. The van der Waals surface area contributed by atoms with Crippen molar-refractivity contribution in [2.45, 2.75) is 86.5 Å². The second kappa shape index (κ2) is 7.25. The summed E-state index contributed by atoms with van der Waals surface area (Å²) in [6.07, 6.45) is 0.894. The molecule has 0 saturated carbocycles. The second-order valence-electron chi connectivity index (χ2n) is 11.9. The van der Waals surface area contributed by atoms with E-state index >= 15 is 0 Å². The van der Waals surface area contributed by atoms with E-state index in [4.69, 9.17) is 9.40 Å². The van der Waals surface area contributed by atoms with Gasteiger partial charge in [-0.05, 0) is 51.5 Å². The van der Waals surface area contributed by atoms with Crippen molar-refractivity contribution in [3.63, 3.8) is 0 Å². The molecule has 0 fully saturated rings. The van der Waals surface area contributed by atoms with E-state index in [1.165, 1.54) is 16.7 Å². The Hall–Kier alpha value is -2.09. The van der Waals surface area contributed by atoms with Crippen molar-refractivity contribution in [3.8, 4) is 0 Å². The Morgan fingerprint density at radius 2 is 1.20 bits per heavy atom. The van der Waals surface area contributed by atoms with E-state index in [9.17, 15) is 0 Å². The highest BCUT2D eigenvalue weighted by molar-refractivity contribution is 5.73. The fourth-order valence-electron chi connectivity index (χ4n) is 3.38. The Morgan fingerprint density at radius 1 is 0.667 bits per heavy atom. The first kappa shape index (κ1) is 22.6. The second-order valence-corrected chi connectivity index (χ2v) is 11.9. The van der Waals surface area contributed by atoms with Crippen LogP contribution in [0, 0.1) is 10.8 Å². The minimum absolute atomic E-state index is 0.0687. The highest BCUT2D eigenvalue weighted by atomic mass is 16.3. The molecule has 0 aliphatic carbocycles. The molecule has 3 rings (SSSR count). The third kappa shape index (κ3) is 4.06. The van der Waals surface area contributed by atoms with Gasteiger partial charge in [-0.1, -0.05) is 99.6 Å². The van der Waals surface area contributed by atoms with Crippen molar-refractivity contribution in [1.29, 1.82) is 0 Å². The molecule has 162 valence electrons. The lowest BCUT2D eigenvalue weighted by molar-refractivity contribution is 0.185. The molecule has 2 aromatic carbocycles. The summed E-state index contributed by atoms with van der Waals surface area (Å²) in [7, 11) is 0. The van der Waals surface area contributed by atoms with Crippen LogP contribution in [0.4, 0.5) is 0 Å². The number of aromatic nitrogens is 1. The topological polar surface area (TPSA) is 26.0 Å². The van der Waals surface area contributed by atoms with E-state index < -0.39 is 0 Å². The Balaban J connectivity index is 1.85. The molecular formula is C28H39NO. The maximum absolute atomic E-state index is 6.23. The predicted molar refractivity (Wildman–Crippen MR) is 128 cm³/mol. The SMILES string of the molecule is CC(C)(C)C(C)(C)c1ccc(Cc2ccc3nc(C(C)(C)C(C)(C)C)oc3c2)cc1. The van der Waals surface area contributed by atoms with Crippen LogP contribution in [0.2, 0.25) is 0 Å². The lowest BCUT2D eigenvalue weighted by atomic mass is 9.65. The van der Waals surface area contributed by atoms with Crippen LogP contribution in [0.25, 0.3) is 11.1 Å². The smallest absolute Gasteiger partial charge is 0.201 e. The number of nitrogens with zero attached hydrogens (tertiary/aromatic N) is 1. The summed E-state index contributed by atoms with van der Waals surface area (Å²) in [5.41, 5.74) is 6.04. The molecular weight excluding hydrogens is 366 g/mol. The summed E-state index contributed by atoms with van der Waals surface area (Å²) in [5, 5.41) is 0. The van der Waals surface area contributed by atoms with Gasteiger partial charge in [0, 0.05) is 5.41 Å². The Bertz CT molecular complexity index is 1020. The van der Waals surface area contributed by atoms with Gasteiger partial charge in [-0.3, -0.25) is 0 Å². The molecule has 2 nitrogen and oxygen atoms in total. The zero-order valence-electron chi connectivity index (χ0n) is 20.6. The van der Waals surface area contributed by atoms with Crippen molar-refractivity contribution >= 4 is 11.1 Å². The van der Waals surface area contributed by atoms with E-state index in [-0.39, 0.29) is 21.7 Å². The van der Waals surface area contributed by atoms with E-state index in [2.05, 4.69) is 112 Å². The van der Waals surface area contributed by atoms with Crippen LogP contribution in [0.5, 0.6) is 0 Å². The number of fused-ring (bicyclic) bond motifs is 1. The number of oxazole rings is 1. The lowest BCUT2D eigenvalue weighted by Gasteiger charge is -2.39. The highest BCUT2D eigenvalue weighted by Gasteiger charge is 2.39. The molecule has 0 amide bonds. The number of rotatable bonds is 4. The van der Waals surface area contributed by atoms with Gasteiger partial charge in [-0.2, -0.15) is 0 Å². The van der Waals surface area contributed by atoms with Crippen LogP contribution in [0.1, 0.15) is 91.8 Å². The molecule has 1 heterocycles. The van der Waals surface area contributed by atoms with Crippen LogP contribution in [0.3, 0.4) is 0 Å². The highest BCUT2D eigenvalue weighted by Crippen LogP contribution is 2.42. The molecule has 0 aliphatic heterocycles.